The molecule has 78 valence electrons. The molecule has 5 heteroatoms. The summed E-state index contributed by atoms with van der Waals surface area (Å²) in [7, 11) is -3.31. The number of primary amides is 1. The number of rotatable bonds is 6. The van der Waals surface area contributed by atoms with Gasteiger partial charge < -0.3 is 5.73 Å². The highest BCUT2D eigenvalue weighted by Crippen LogP contribution is 2.10. The Bertz CT molecular complexity index is 259. The average Bonchev–Trinajstić information content (AvgIpc) is 2.04. The summed E-state index contributed by atoms with van der Waals surface area (Å²) >= 11 is 0. The molecule has 0 spiro atoms. The zero-order valence-corrected chi connectivity index (χ0v) is 8.93. The van der Waals surface area contributed by atoms with Gasteiger partial charge in [0.15, 0.2) is 9.84 Å². The van der Waals surface area contributed by atoms with E-state index in [0.29, 0.717) is 12.8 Å². The third kappa shape index (κ3) is 3.76. The molecular formula is C8H17NO3S. The monoisotopic (exact) mass is 207 g/mol. The molecule has 0 heterocycles. The van der Waals surface area contributed by atoms with Crippen LogP contribution in [-0.4, -0.2) is 25.3 Å². The van der Waals surface area contributed by atoms with Crippen LogP contribution in [0.3, 0.4) is 0 Å². The molecule has 0 aliphatic carbocycles. The van der Waals surface area contributed by atoms with Crippen LogP contribution in [0.25, 0.3) is 0 Å². The molecule has 0 fully saturated rings. The van der Waals surface area contributed by atoms with Crippen molar-refractivity contribution < 1.29 is 13.2 Å². The van der Waals surface area contributed by atoms with Gasteiger partial charge in [0.25, 0.3) is 0 Å². The molecule has 1 unspecified atom stereocenters. The van der Waals surface area contributed by atoms with Crippen molar-refractivity contribution in [3.63, 3.8) is 0 Å². The van der Waals surface area contributed by atoms with Crippen LogP contribution in [0.5, 0.6) is 0 Å². The molecule has 0 radical (unpaired) electrons. The number of unbranched alkanes of at least 4 members (excludes halogenated alkanes) is 1. The Balaban J connectivity index is 4.52. The second-order valence-corrected chi connectivity index (χ2v) is 5.46. The van der Waals surface area contributed by atoms with E-state index in [0.717, 1.165) is 6.42 Å². The van der Waals surface area contributed by atoms with Gasteiger partial charge in [0.05, 0.1) is 0 Å². The molecule has 0 bridgehead atoms. The summed E-state index contributed by atoms with van der Waals surface area (Å²) in [5.74, 6) is -0.750. The van der Waals surface area contributed by atoms with Gasteiger partial charge in [-0.25, -0.2) is 8.42 Å². The average molecular weight is 207 g/mol. The molecule has 1 amide bonds. The standard InChI is InChI=1S/C8H17NO3S/c1-3-5-6-7(8(9)10)13(11,12)4-2/h7H,3-6H2,1-2H3,(H2,9,10). The Kier molecular flexibility index (Phi) is 4.98. The fourth-order valence-corrected chi connectivity index (χ4v) is 2.37. The van der Waals surface area contributed by atoms with Gasteiger partial charge in [-0.3, -0.25) is 4.79 Å². The zero-order chi connectivity index (χ0) is 10.5. The Morgan fingerprint density at radius 1 is 1.38 bits per heavy atom. The van der Waals surface area contributed by atoms with Crippen LogP contribution in [0.4, 0.5) is 0 Å². The first kappa shape index (κ1) is 12.4. The Morgan fingerprint density at radius 2 is 1.92 bits per heavy atom. The smallest absolute Gasteiger partial charge is 0.235 e. The molecule has 0 saturated heterocycles. The lowest BCUT2D eigenvalue weighted by Crippen LogP contribution is -2.36. The van der Waals surface area contributed by atoms with Crippen molar-refractivity contribution in [3.05, 3.63) is 0 Å². The van der Waals surface area contributed by atoms with Gasteiger partial charge >= 0.3 is 0 Å². The maximum atomic E-state index is 11.3. The van der Waals surface area contributed by atoms with E-state index in [-0.39, 0.29) is 5.75 Å². The van der Waals surface area contributed by atoms with Gasteiger partial charge in [-0.15, -0.1) is 0 Å². The first-order valence-corrected chi connectivity index (χ1v) is 6.18. The number of nitrogens with two attached hydrogens (primary N) is 1. The molecule has 2 N–H and O–H groups in total. The largest absolute Gasteiger partial charge is 0.369 e. The predicted molar refractivity (Wildman–Crippen MR) is 52.0 cm³/mol. The summed E-state index contributed by atoms with van der Waals surface area (Å²) in [6, 6.07) is 0. The maximum Gasteiger partial charge on any atom is 0.235 e. The zero-order valence-electron chi connectivity index (χ0n) is 8.12. The number of hydrogen-bond acceptors (Lipinski definition) is 3. The van der Waals surface area contributed by atoms with Crippen LogP contribution in [0, 0.1) is 0 Å². The number of carbonyl (C=O) groups is 1. The van der Waals surface area contributed by atoms with Crippen LogP contribution in [0.2, 0.25) is 0 Å². The Hall–Kier alpha value is -0.580. The lowest BCUT2D eigenvalue weighted by atomic mass is 10.2. The molecular weight excluding hydrogens is 190 g/mol. The van der Waals surface area contributed by atoms with Crippen molar-refractivity contribution in [2.45, 2.75) is 38.4 Å². The fourth-order valence-electron chi connectivity index (χ4n) is 1.09. The van der Waals surface area contributed by atoms with Crippen molar-refractivity contribution in [2.75, 3.05) is 5.75 Å². The van der Waals surface area contributed by atoms with Crippen molar-refractivity contribution in [1.29, 1.82) is 0 Å². The topological polar surface area (TPSA) is 77.2 Å². The van der Waals surface area contributed by atoms with Gasteiger partial charge in [0.1, 0.15) is 5.25 Å². The van der Waals surface area contributed by atoms with Gasteiger partial charge in [0, 0.05) is 5.75 Å². The van der Waals surface area contributed by atoms with Gasteiger partial charge in [-0.05, 0) is 6.42 Å². The Morgan fingerprint density at radius 3 is 2.23 bits per heavy atom. The summed E-state index contributed by atoms with van der Waals surface area (Å²) in [4.78, 5) is 10.9. The molecule has 0 aliphatic rings. The third-order valence-corrected chi connectivity index (χ3v) is 4.11. The SMILES string of the molecule is CCCCC(C(N)=O)S(=O)(=O)CC. The third-order valence-electron chi connectivity index (χ3n) is 1.97. The van der Waals surface area contributed by atoms with Gasteiger partial charge in [-0.1, -0.05) is 26.7 Å². The number of sulfone groups is 1. The second-order valence-electron chi connectivity index (χ2n) is 2.98. The molecule has 0 aliphatic heterocycles. The van der Waals surface area contributed by atoms with Crippen molar-refractivity contribution in [1.82, 2.24) is 0 Å². The number of amides is 1. The van der Waals surface area contributed by atoms with E-state index in [1.165, 1.54) is 6.92 Å². The number of carbonyl (C=O) groups excluding carboxylic acids is 1. The molecule has 0 aromatic carbocycles. The Labute approximate surface area is 79.4 Å². The summed E-state index contributed by atoms with van der Waals surface area (Å²) in [5.41, 5.74) is 5.02. The van der Waals surface area contributed by atoms with Crippen molar-refractivity contribution in [2.24, 2.45) is 5.73 Å². The van der Waals surface area contributed by atoms with Crippen molar-refractivity contribution in [3.8, 4) is 0 Å². The van der Waals surface area contributed by atoms with Crippen LogP contribution in [0.15, 0.2) is 0 Å². The first-order chi connectivity index (χ1) is 5.95. The summed E-state index contributed by atoms with van der Waals surface area (Å²) in [5, 5.41) is -0.988. The van der Waals surface area contributed by atoms with Gasteiger partial charge in [-0.2, -0.15) is 0 Å². The van der Waals surface area contributed by atoms with E-state index in [2.05, 4.69) is 0 Å². The minimum atomic E-state index is -3.31. The fraction of sp³-hybridized carbons (Fsp3) is 0.875. The highest BCUT2D eigenvalue weighted by atomic mass is 32.2. The van der Waals surface area contributed by atoms with Crippen molar-refractivity contribution >= 4 is 15.7 Å². The van der Waals surface area contributed by atoms with Crippen LogP contribution in [0.1, 0.15) is 33.1 Å². The summed E-state index contributed by atoms with van der Waals surface area (Å²) in [6.07, 6.45) is 1.93. The molecule has 4 nitrogen and oxygen atoms in total. The molecule has 0 rings (SSSR count). The maximum absolute atomic E-state index is 11.3. The highest BCUT2D eigenvalue weighted by molar-refractivity contribution is 7.92. The lowest BCUT2D eigenvalue weighted by molar-refractivity contribution is -0.117. The molecule has 0 saturated carbocycles. The summed E-state index contributed by atoms with van der Waals surface area (Å²) in [6.45, 7) is 3.47. The van der Waals surface area contributed by atoms with Crippen LogP contribution < -0.4 is 5.73 Å². The number of hydrogen-bond donors (Lipinski definition) is 1. The van der Waals surface area contributed by atoms with E-state index < -0.39 is 21.0 Å². The second kappa shape index (κ2) is 5.21. The molecule has 13 heavy (non-hydrogen) atoms. The highest BCUT2D eigenvalue weighted by Gasteiger charge is 2.28. The van der Waals surface area contributed by atoms with E-state index in [4.69, 9.17) is 5.73 Å². The first-order valence-electron chi connectivity index (χ1n) is 4.46. The van der Waals surface area contributed by atoms with E-state index >= 15 is 0 Å². The molecule has 1 atom stereocenters. The summed E-state index contributed by atoms with van der Waals surface area (Å²) < 4.78 is 22.7. The predicted octanol–water partition coefficient (Wildman–Crippen LogP) is 0.465. The van der Waals surface area contributed by atoms with E-state index in [1.54, 1.807) is 0 Å². The van der Waals surface area contributed by atoms with Crippen LogP contribution in [-0.2, 0) is 14.6 Å². The van der Waals surface area contributed by atoms with Gasteiger partial charge in [0.2, 0.25) is 5.91 Å². The quantitative estimate of drug-likeness (QED) is 0.687. The molecule has 0 aromatic heterocycles. The van der Waals surface area contributed by atoms with Crippen LogP contribution >= 0.6 is 0 Å². The normalized spacial score (nSPS) is 14.0. The van der Waals surface area contributed by atoms with E-state index in [1.807, 2.05) is 6.92 Å². The minimum Gasteiger partial charge on any atom is -0.369 e. The minimum absolute atomic E-state index is 0.0235. The molecule has 0 aromatic rings. The van der Waals surface area contributed by atoms with E-state index in [9.17, 15) is 13.2 Å². The lowest BCUT2D eigenvalue weighted by Gasteiger charge is -2.11.